The molecular formula is C10H12N4O4. The smallest absolute Gasteiger partial charge is 0.287 e. The van der Waals surface area contributed by atoms with E-state index in [1.165, 1.54) is 12.3 Å². The predicted molar refractivity (Wildman–Crippen MR) is 61.2 cm³/mol. The Kier molecular flexibility index (Phi) is 3.38. The minimum absolute atomic E-state index is 0.0745. The minimum Gasteiger partial charge on any atom is -0.354 e. The van der Waals surface area contributed by atoms with Crippen LogP contribution in [0.25, 0.3) is 0 Å². The van der Waals surface area contributed by atoms with Gasteiger partial charge >= 0.3 is 0 Å². The molecule has 1 aromatic rings. The van der Waals surface area contributed by atoms with Crippen LogP contribution in [-0.4, -0.2) is 52.7 Å². The molecule has 0 atom stereocenters. The first kappa shape index (κ1) is 12.2. The van der Waals surface area contributed by atoms with Gasteiger partial charge in [-0.15, -0.1) is 0 Å². The van der Waals surface area contributed by atoms with Crippen LogP contribution in [0.4, 0.5) is 5.69 Å². The number of nitro groups is 1. The highest BCUT2D eigenvalue weighted by Gasteiger charge is 2.21. The number of ketones is 1. The first-order chi connectivity index (χ1) is 8.56. The normalized spacial score (nSPS) is 16.3. The van der Waals surface area contributed by atoms with Crippen molar-refractivity contribution in [2.45, 2.75) is 0 Å². The zero-order valence-electron chi connectivity index (χ0n) is 9.51. The monoisotopic (exact) mass is 252 g/mol. The summed E-state index contributed by atoms with van der Waals surface area (Å²) in [6.45, 7) is 1.36. The van der Waals surface area contributed by atoms with Crippen LogP contribution in [0.3, 0.4) is 0 Å². The van der Waals surface area contributed by atoms with Gasteiger partial charge in [-0.05, 0) is 0 Å². The SMILES string of the molecule is O=C1CN(CC(=O)c2cc([N+](=O)[O-])c[nH]2)CCN1. The summed E-state index contributed by atoms with van der Waals surface area (Å²) in [5.74, 6) is -0.385. The van der Waals surface area contributed by atoms with Crippen molar-refractivity contribution in [3.63, 3.8) is 0 Å². The molecule has 2 rings (SSSR count). The molecule has 1 amide bonds. The van der Waals surface area contributed by atoms with E-state index in [4.69, 9.17) is 0 Å². The molecule has 8 nitrogen and oxygen atoms in total. The topological polar surface area (TPSA) is 108 Å². The molecule has 1 aliphatic rings. The Balaban J connectivity index is 1.98. The molecule has 2 heterocycles. The number of carbonyl (C=O) groups excluding carboxylic acids is 2. The summed E-state index contributed by atoms with van der Waals surface area (Å²) >= 11 is 0. The molecule has 18 heavy (non-hydrogen) atoms. The maximum Gasteiger partial charge on any atom is 0.287 e. The Labute approximate surface area is 102 Å². The third kappa shape index (κ3) is 2.72. The predicted octanol–water partition coefficient (Wildman–Crippen LogP) is -0.463. The number of carbonyl (C=O) groups is 2. The van der Waals surface area contributed by atoms with Crippen LogP contribution in [0.15, 0.2) is 12.3 Å². The molecule has 0 aliphatic carbocycles. The summed E-state index contributed by atoms with van der Waals surface area (Å²) in [7, 11) is 0. The van der Waals surface area contributed by atoms with Crippen LogP contribution < -0.4 is 5.32 Å². The highest BCUT2D eigenvalue weighted by Crippen LogP contribution is 2.13. The Bertz CT molecular complexity index is 496. The lowest BCUT2D eigenvalue weighted by Crippen LogP contribution is -2.49. The van der Waals surface area contributed by atoms with E-state index in [0.29, 0.717) is 13.1 Å². The number of hydrogen-bond acceptors (Lipinski definition) is 5. The van der Waals surface area contributed by atoms with Crippen LogP contribution in [-0.2, 0) is 4.79 Å². The van der Waals surface area contributed by atoms with E-state index in [1.54, 1.807) is 4.90 Å². The van der Waals surface area contributed by atoms with Crippen molar-refractivity contribution < 1.29 is 14.5 Å². The second-order valence-electron chi connectivity index (χ2n) is 4.01. The largest absolute Gasteiger partial charge is 0.354 e. The fourth-order valence-corrected chi connectivity index (χ4v) is 1.76. The van der Waals surface area contributed by atoms with Gasteiger partial charge < -0.3 is 10.3 Å². The lowest BCUT2D eigenvalue weighted by molar-refractivity contribution is -0.384. The highest BCUT2D eigenvalue weighted by atomic mass is 16.6. The number of Topliss-reactive ketones (excluding diaryl/α,β-unsaturated/α-hetero) is 1. The Hall–Kier alpha value is -2.22. The van der Waals surface area contributed by atoms with Gasteiger partial charge in [0.2, 0.25) is 5.91 Å². The molecule has 8 heteroatoms. The summed E-state index contributed by atoms with van der Waals surface area (Å²) in [6, 6.07) is 1.20. The number of nitrogens with one attached hydrogen (secondary N) is 2. The molecule has 0 unspecified atom stereocenters. The summed E-state index contributed by atoms with van der Waals surface area (Å²) in [4.78, 5) is 37.1. The lowest BCUT2D eigenvalue weighted by atomic mass is 10.2. The van der Waals surface area contributed by atoms with Crippen LogP contribution in [0.5, 0.6) is 0 Å². The van der Waals surface area contributed by atoms with Crippen molar-refractivity contribution in [2.24, 2.45) is 0 Å². The Morgan fingerprint density at radius 1 is 1.56 bits per heavy atom. The number of aromatic amines is 1. The number of aromatic nitrogens is 1. The van der Waals surface area contributed by atoms with E-state index >= 15 is 0 Å². The average Bonchev–Trinajstić information content (AvgIpc) is 2.78. The van der Waals surface area contributed by atoms with E-state index in [9.17, 15) is 19.7 Å². The molecule has 0 saturated carbocycles. The molecule has 0 radical (unpaired) electrons. The first-order valence-electron chi connectivity index (χ1n) is 5.41. The zero-order valence-corrected chi connectivity index (χ0v) is 9.51. The van der Waals surface area contributed by atoms with E-state index in [-0.39, 0.29) is 36.2 Å². The van der Waals surface area contributed by atoms with Gasteiger partial charge in [-0.25, -0.2) is 0 Å². The lowest BCUT2D eigenvalue weighted by Gasteiger charge is -2.25. The van der Waals surface area contributed by atoms with E-state index in [0.717, 1.165) is 0 Å². The fourth-order valence-electron chi connectivity index (χ4n) is 1.76. The number of nitrogens with zero attached hydrogens (tertiary/aromatic N) is 2. The van der Waals surface area contributed by atoms with Crippen LogP contribution >= 0.6 is 0 Å². The van der Waals surface area contributed by atoms with Gasteiger partial charge in [0.05, 0.1) is 29.9 Å². The van der Waals surface area contributed by atoms with Crippen LogP contribution in [0.1, 0.15) is 10.5 Å². The van der Waals surface area contributed by atoms with Crippen LogP contribution in [0.2, 0.25) is 0 Å². The average molecular weight is 252 g/mol. The number of rotatable bonds is 4. The Morgan fingerprint density at radius 2 is 2.33 bits per heavy atom. The van der Waals surface area contributed by atoms with Gasteiger partial charge in [0.1, 0.15) is 0 Å². The van der Waals surface area contributed by atoms with Crippen molar-refractivity contribution in [1.29, 1.82) is 0 Å². The first-order valence-corrected chi connectivity index (χ1v) is 5.41. The molecule has 0 bridgehead atoms. The summed E-state index contributed by atoms with van der Waals surface area (Å²) in [6.07, 6.45) is 1.18. The third-order valence-electron chi connectivity index (χ3n) is 2.66. The van der Waals surface area contributed by atoms with Crippen molar-refractivity contribution in [2.75, 3.05) is 26.2 Å². The molecule has 96 valence electrons. The van der Waals surface area contributed by atoms with Crippen molar-refractivity contribution in [3.05, 3.63) is 28.1 Å². The van der Waals surface area contributed by atoms with Gasteiger partial charge in [-0.3, -0.25) is 24.6 Å². The minimum atomic E-state index is -0.568. The van der Waals surface area contributed by atoms with Crippen LogP contribution in [0, 0.1) is 10.1 Å². The van der Waals surface area contributed by atoms with Gasteiger partial charge in [0.15, 0.2) is 5.78 Å². The Morgan fingerprint density at radius 3 is 2.94 bits per heavy atom. The van der Waals surface area contributed by atoms with E-state index < -0.39 is 4.92 Å². The van der Waals surface area contributed by atoms with E-state index in [1.807, 2.05) is 0 Å². The standard InChI is InChI=1S/C10H12N4O4/c15-9(5-13-2-1-11-10(16)6-13)8-3-7(4-12-8)14(17)18/h3-4,12H,1-2,5-6H2,(H,11,16). The molecule has 1 saturated heterocycles. The number of amides is 1. The fraction of sp³-hybridized carbons (Fsp3) is 0.400. The van der Waals surface area contributed by atoms with E-state index in [2.05, 4.69) is 10.3 Å². The van der Waals surface area contributed by atoms with Crippen molar-refractivity contribution >= 4 is 17.4 Å². The molecule has 1 aliphatic heterocycles. The summed E-state index contributed by atoms with van der Waals surface area (Å²) in [5.41, 5.74) is 0.0439. The second-order valence-corrected chi connectivity index (χ2v) is 4.01. The molecule has 1 fully saturated rings. The zero-order chi connectivity index (χ0) is 13.1. The summed E-state index contributed by atoms with van der Waals surface area (Å²) in [5, 5.41) is 13.1. The van der Waals surface area contributed by atoms with Gasteiger partial charge in [0, 0.05) is 19.2 Å². The van der Waals surface area contributed by atoms with Gasteiger partial charge in [0.25, 0.3) is 5.69 Å². The number of piperazine rings is 1. The highest BCUT2D eigenvalue weighted by molar-refractivity contribution is 5.97. The van der Waals surface area contributed by atoms with Crippen molar-refractivity contribution in [3.8, 4) is 0 Å². The van der Waals surface area contributed by atoms with Gasteiger partial charge in [-0.1, -0.05) is 0 Å². The number of H-pyrrole nitrogens is 1. The third-order valence-corrected chi connectivity index (χ3v) is 2.66. The molecular weight excluding hydrogens is 240 g/mol. The maximum atomic E-state index is 11.8. The molecule has 2 N–H and O–H groups in total. The maximum absolute atomic E-state index is 11.8. The number of hydrogen-bond donors (Lipinski definition) is 2. The summed E-state index contributed by atoms with van der Waals surface area (Å²) < 4.78 is 0. The molecule has 0 spiro atoms. The van der Waals surface area contributed by atoms with Gasteiger partial charge in [-0.2, -0.15) is 0 Å². The molecule has 0 aromatic carbocycles. The van der Waals surface area contributed by atoms with Crippen molar-refractivity contribution in [1.82, 2.24) is 15.2 Å². The quantitative estimate of drug-likeness (QED) is 0.428. The molecule has 1 aromatic heterocycles. The second kappa shape index (κ2) is 4.96.